The zero-order valence-electron chi connectivity index (χ0n) is 12.9. The summed E-state index contributed by atoms with van der Waals surface area (Å²) >= 11 is 3.49. The van der Waals surface area contributed by atoms with Gasteiger partial charge in [0.15, 0.2) is 0 Å². The van der Waals surface area contributed by atoms with Crippen LogP contribution in [0.4, 0.5) is 0 Å². The number of carboxylic acids is 1. The van der Waals surface area contributed by atoms with Gasteiger partial charge in [0.1, 0.15) is 12.4 Å². The highest BCUT2D eigenvalue weighted by atomic mass is 79.9. The van der Waals surface area contributed by atoms with Gasteiger partial charge >= 0.3 is 5.97 Å². The normalized spacial score (nSPS) is 10.5. The quantitative estimate of drug-likeness (QED) is 0.747. The average molecular weight is 379 g/mol. The van der Waals surface area contributed by atoms with Crippen molar-refractivity contribution in [2.75, 3.05) is 6.61 Å². The van der Waals surface area contributed by atoms with E-state index >= 15 is 0 Å². The van der Waals surface area contributed by atoms with Crippen LogP contribution in [0.3, 0.4) is 0 Å². The lowest BCUT2D eigenvalue weighted by molar-refractivity contribution is -0.136. The Hall–Kier alpha value is -1.85. The van der Waals surface area contributed by atoms with Gasteiger partial charge in [-0.1, -0.05) is 40.2 Å². The molecule has 0 heterocycles. The zero-order valence-corrected chi connectivity index (χ0v) is 14.5. The van der Waals surface area contributed by atoms with Crippen molar-refractivity contribution in [1.29, 1.82) is 0 Å². The summed E-state index contributed by atoms with van der Waals surface area (Å²) in [6.45, 7) is 3.55. The minimum atomic E-state index is -0.873. The molecule has 0 aliphatic carbocycles. The van der Waals surface area contributed by atoms with Crippen molar-refractivity contribution in [3.8, 4) is 5.75 Å². The molecule has 0 saturated heterocycles. The molecule has 0 bridgehead atoms. The lowest BCUT2D eigenvalue weighted by atomic mass is 10.1. The van der Waals surface area contributed by atoms with Gasteiger partial charge in [-0.3, -0.25) is 4.79 Å². The summed E-state index contributed by atoms with van der Waals surface area (Å²) in [6, 6.07) is 13.2. The Morgan fingerprint density at radius 1 is 1.13 bits per heavy atom. The van der Waals surface area contributed by atoms with E-state index in [2.05, 4.69) is 15.9 Å². The molecule has 4 nitrogen and oxygen atoms in total. The average Bonchev–Trinajstić information content (AvgIpc) is 2.51. The number of halogens is 1. The molecule has 2 rings (SSSR count). The molecule has 0 aliphatic heterocycles. The monoisotopic (exact) mass is 378 g/mol. The predicted molar refractivity (Wildman–Crippen MR) is 91.6 cm³/mol. The van der Waals surface area contributed by atoms with Crippen molar-refractivity contribution in [2.24, 2.45) is 0 Å². The lowest BCUT2D eigenvalue weighted by Gasteiger charge is -2.12. The van der Waals surface area contributed by atoms with E-state index < -0.39 is 5.97 Å². The number of carbonyl (C=O) groups is 1. The van der Waals surface area contributed by atoms with Crippen molar-refractivity contribution in [2.45, 2.75) is 26.6 Å². The van der Waals surface area contributed by atoms with Gasteiger partial charge in [-0.25, -0.2) is 0 Å². The van der Waals surface area contributed by atoms with E-state index in [0.29, 0.717) is 31.1 Å². The molecular formula is C18H19BrO4. The first-order valence-corrected chi connectivity index (χ1v) is 8.16. The Morgan fingerprint density at radius 2 is 1.83 bits per heavy atom. The third-order valence-electron chi connectivity index (χ3n) is 3.20. The van der Waals surface area contributed by atoms with E-state index in [1.54, 1.807) is 12.1 Å². The Morgan fingerprint density at radius 3 is 2.52 bits per heavy atom. The molecule has 0 spiro atoms. The largest absolute Gasteiger partial charge is 0.489 e. The summed E-state index contributed by atoms with van der Waals surface area (Å²) in [7, 11) is 0. The molecule has 0 amide bonds. The number of benzene rings is 2. The molecule has 0 saturated carbocycles. The molecule has 2 aromatic carbocycles. The van der Waals surface area contributed by atoms with Crippen LogP contribution in [0.1, 0.15) is 23.6 Å². The first-order valence-electron chi connectivity index (χ1n) is 7.37. The fourth-order valence-electron chi connectivity index (χ4n) is 2.22. The van der Waals surface area contributed by atoms with Crippen molar-refractivity contribution < 1.29 is 19.4 Å². The lowest BCUT2D eigenvalue weighted by Crippen LogP contribution is -2.04. The van der Waals surface area contributed by atoms with Crippen LogP contribution in [0.15, 0.2) is 46.9 Å². The van der Waals surface area contributed by atoms with Crippen molar-refractivity contribution in [1.82, 2.24) is 0 Å². The Balaban J connectivity index is 2.09. The highest BCUT2D eigenvalue weighted by Crippen LogP contribution is 2.22. The second-order valence-electron chi connectivity index (χ2n) is 5.07. The Kier molecular flexibility index (Phi) is 6.62. The molecule has 2 aromatic rings. The minimum absolute atomic E-state index is 0.0513. The van der Waals surface area contributed by atoms with Crippen LogP contribution in [0.2, 0.25) is 0 Å². The molecule has 5 heteroatoms. The van der Waals surface area contributed by atoms with Gasteiger partial charge < -0.3 is 14.6 Å². The van der Waals surface area contributed by atoms with Crippen molar-refractivity contribution in [3.63, 3.8) is 0 Å². The van der Waals surface area contributed by atoms with Gasteiger partial charge in [-0.05, 0) is 36.2 Å². The van der Waals surface area contributed by atoms with Crippen LogP contribution in [-0.4, -0.2) is 17.7 Å². The van der Waals surface area contributed by atoms with Gasteiger partial charge in [-0.15, -0.1) is 0 Å². The van der Waals surface area contributed by atoms with Gasteiger partial charge in [0.2, 0.25) is 0 Å². The Bertz CT molecular complexity index is 670. The molecule has 0 fully saturated rings. The maximum Gasteiger partial charge on any atom is 0.307 e. The number of aliphatic carboxylic acids is 1. The van der Waals surface area contributed by atoms with E-state index in [9.17, 15) is 4.79 Å². The maximum absolute atomic E-state index is 10.9. The number of hydrogen-bond acceptors (Lipinski definition) is 3. The highest BCUT2D eigenvalue weighted by Gasteiger charge is 2.08. The van der Waals surface area contributed by atoms with E-state index in [-0.39, 0.29) is 6.42 Å². The van der Waals surface area contributed by atoms with Crippen molar-refractivity contribution in [3.05, 3.63) is 63.6 Å². The molecule has 0 atom stereocenters. The number of carboxylic acid groups (broad SMARTS) is 1. The SMILES string of the molecule is CCOCc1cc(Br)cc(COc2ccccc2CC(=O)O)c1. The Labute approximate surface area is 144 Å². The molecule has 1 N–H and O–H groups in total. The van der Waals surface area contributed by atoms with Crippen LogP contribution in [0, 0.1) is 0 Å². The van der Waals surface area contributed by atoms with Crippen LogP contribution in [0.5, 0.6) is 5.75 Å². The van der Waals surface area contributed by atoms with Gasteiger partial charge in [0, 0.05) is 16.6 Å². The fraction of sp³-hybridized carbons (Fsp3) is 0.278. The zero-order chi connectivity index (χ0) is 16.7. The summed E-state index contributed by atoms with van der Waals surface area (Å²) < 4.78 is 12.2. The minimum Gasteiger partial charge on any atom is -0.489 e. The fourth-order valence-corrected chi connectivity index (χ4v) is 2.81. The third kappa shape index (κ3) is 5.69. The van der Waals surface area contributed by atoms with Gasteiger partial charge in [0.05, 0.1) is 13.0 Å². The molecule has 122 valence electrons. The number of rotatable bonds is 8. The molecule has 23 heavy (non-hydrogen) atoms. The van der Waals surface area contributed by atoms with Gasteiger partial charge in [-0.2, -0.15) is 0 Å². The molecule has 0 aromatic heterocycles. The van der Waals surface area contributed by atoms with Crippen LogP contribution < -0.4 is 4.74 Å². The summed E-state index contributed by atoms with van der Waals surface area (Å²) in [5.41, 5.74) is 2.74. The molecule has 0 aliphatic rings. The van der Waals surface area contributed by atoms with Crippen LogP contribution >= 0.6 is 15.9 Å². The highest BCUT2D eigenvalue weighted by molar-refractivity contribution is 9.10. The second-order valence-corrected chi connectivity index (χ2v) is 5.99. The first kappa shape index (κ1) is 17.5. The standard InChI is InChI=1S/C18H19BrO4/c1-2-22-11-13-7-14(9-16(19)8-13)12-23-17-6-4-3-5-15(17)10-18(20)21/h3-9H,2,10-12H2,1H3,(H,20,21). The summed E-state index contributed by atoms with van der Waals surface area (Å²) in [5.74, 6) is -0.274. The van der Waals surface area contributed by atoms with E-state index in [1.165, 1.54) is 0 Å². The van der Waals surface area contributed by atoms with Gasteiger partial charge in [0.25, 0.3) is 0 Å². The number of para-hydroxylation sites is 1. The molecule has 0 unspecified atom stereocenters. The first-order chi connectivity index (χ1) is 11.1. The maximum atomic E-state index is 10.9. The summed E-state index contributed by atoms with van der Waals surface area (Å²) in [6.07, 6.45) is -0.0513. The number of hydrogen-bond donors (Lipinski definition) is 1. The molecular weight excluding hydrogens is 360 g/mol. The predicted octanol–water partition coefficient (Wildman–Crippen LogP) is 4.19. The van der Waals surface area contributed by atoms with E-state index in [0.717, 1.165) is 15.6 Å². The van der Waals surface area contributed by atoms with E-state index in [4.69, 9.17) is 14.6 Å². The third-order valence-corrected chi connectivity index (χ3v) is 3.66. The van der Waals surface area contributed by atoms with Crippen LogP contribution in [0.25, 0.3) is 0 Å². The summed E-state index contributed by atoms with van der Waals surface area (Å²) in [4.78, 5) is 10.9. The van der Waals surface area contributed by atoms with Crippen molar-refractivity contribution >= 4 is 21.9 Å². The van der Waals surface area contributed by atoms with Crippen LogP contribution in [-0.2, 0) is 29.2 Å². The smallest absolute Gasteiger partial charge is 0.307 e. The van der Waals surface area contributed by atoms with E-state index in [1.807, 2.05) is 37.3 Å². The summed E-state index contributed by atoms with van der Waals surface area (Å²) in [5, 5.41) is 8.96. The molecule has 0 radical (unpaired) electrons. The second kappa shape index (κ2) is 8.70. The number of ether oxygens (including phenoxy) is 2. The topological polar surface area (TPSA) is 55.8 Å².